The van der Waals surface area contributed by atoms with Gasteiger partial charge in [0.2, 0.25) is 6.86 Å². The standard InChI is InChI=1S/C28H37ClF2N4O5/c29-26-25(32-17-28(31)10-1-11-38-18-28)14-33-35(27(26)36)22-4-2-20(3-5-22)34(15-24-16-37-12-13-39-24)21-6-8-23(9-7-21)40-19-30/h6-9,14,20,22,24,32H,1-5,10-13,15-19H2/t20?,22?,24-,28+/m1/s1. The third-order valence-corrected chi connectivity index (χ3v) is 8.31. The normalized spacial score (nSPS) is 27.2. The Hall–Kier alpha value is -2.47. The average molecular weight is 583 g/mol. The van der Waals surface area contributed by atoms with Crippen LogP contribution < -0.4 is 20.5 Å². The first-order chi connectivity index (χ1) is 19.5. The molecule has 3 aliphatic rings. The number of hydrogen-bond donors (Lipinski definition) is 1. The molecule has 3 fully saturated rings. The van der Waals surface area contributed by atoms with E-state index in [1.54, 1.807) is 12.1 Å². The third-order valence-electron chi connectivity index (χ3n) is 7.94. The summed E-state index contributed by atoms with van der Waals surface area (Å²) in [5.41, 5.74) is -0.543. The Morgan fingerprint density at radius 1 is 1.15 bits per heavy atom. The molecule has 2 aliphatic heterocycles. The van der Waals surface area contributed by atoms with E-state index in [1.165, 1.54) is 10.9 Å². The van der Waals surface area contributed by atoms with Crippen LogP contribution in [0.3, 0.4) is 0 Å². The summed E-state index contributed by atoms with van der Waals surface area (Å²) in [7, 11) is 0. The van der Waals surface area contributed by atoms with E-state index in [1.807, 2.05) is 12.1 Å². The van der Waals surface area contributed by atoms with Gasteiger partial charge in [0.1, 0.15) is 10.8 Å². The van der Waals surface area contributed by atoms with Gasteiger partial charge in [-0.05, 0) is 62.8 Å². The summed E-state index contributed by atoms with van der Waals surface area (Å²) in [6.07, 6.45) is 5.66. The second kappa shape index (κ2) is 13.5. The van der Waals surface area contributed by atoms with Crippen molar-refractivity contribution >= 4 is 23.0 Å². The maximum atomic E-state index is 14.9. The number of nitrogens with one attached hydrogen (secondary N) is 1. The van der Waals surface area contributed by atoms with E-state index in [2.05, 4.69) is 15.3 Å². The average Bonchev–Trinajstić information content (AvgIpc) is 2.98. The number of halogens is 3. The van der Waals surface area contributed by atoms with Crippen molar-refractivity contribution < 1.29 is 27.7 Å². The Balaban J connectivity index is 1.24. The lowest BCUT2D eigenvalue weighted by Crippen LogP contribution is -2.46. The number of hydrogen-bond acceptors (Lipinski definition) is 8. The Bertz CT molecular complexity index is 1150. The SMILES string of the molecule is O=c1c(Cl)c(NC[C@@]2(F)CCCOC2)cnn1C1CCC(N(C[C@@H]2COCCO2)c2ccc(OCF)cc2)CC1. The summed E-state index contributed by atoms with van der Waals surface area (Å²) >= 11 is 6.43. The number of alkyl halides is 2. The molecule has 1 aromatic heterocycles. The first kappa shape index (κ1) is 29.0. The number of nitrogens with zero attached hydrogens (tertiary/aromatic N) is 3. The molecular weight excluding hydrogens is 546 g/mol. The van der Waals surface area contributed by atoms with E-state index in [9.17, 15) is 13.6 Å². The molecule has 0 radical (unpaired) electrons. The van der Waals surface area contributed by atoms with Gasteiger partial charge in [-0.2, -0.15) is 5.10 Å². The number of aromatic nitrogens is 2. The van der Waals surface area contributed by atoms with Crippen molar-refractivity contribution in [3.05, 3.63) is 45.8 Å². The molecule has 5 rings (SSSR count). The van der Waals surface area contributed by atoms with Gasteiger partial charge >= 0.3 is 0 Å². The van der Waals surface area contributed by atoms with Crippen LogP contribution in [-0.2, 0) is 14.2 Å². The van der Waals surface area contributed by atoms with Crippen molar-refractivity contribution in [2.75, 3.05) is 63.2 Å². The lowest BCUT2D eigenvalue weighted by molar-refractivity contribution is -0.0847. The number of benzene rings is 1. The van der Waals surface area contributed by atoms with Gasteiger partial charge in [-0.15, -0.1) is 0 Å². The Labute approximate surface area is 237 Å². The van der Waals surface area contributed by atoms with Crippen molar-refractivity contribution in [3.63, 3.8) is 0 Å². The zero-order valence-electron chi connectivity index (χ0n) is 22.5. The molecule has 9 nitrogen and oxygen atoms in total. The highest BCUT2D eigenvalue weighted by atomic mass is 35.5. The van der Waals surface area contributed by atoms with Crippen LogP contribution in [-0.4, -0.2) is 80.6 Å². The van der Waals surface area contributed by atoms with E-state index in [4.69, 9.17) is 30.5 Å². The van der Waals surface area contributed by atoms with E-state index in [0.29, 0.717) is 57.3 Å². The second-order valence-corrected chi connectivity index (χ2v) is 11.1. The highest BCUT2D eigenvalue weighted by Crippen LogP contribution is 2.34. The van der Waals surface area contributed by atoms with Gasteiger partial charge in [0.15, 0.2) is 5.67 Å². The molecule has 220 valence electrons. The summed E-state index contributed by atoms with van der Waals surface area (Å²) in [6, 6.07) is 7.50. The minimum atomic E-state index is -1.49. The fraction of sp³-hybridized carbons (Fsp3) is 0.643. The largest absolute Gasteiger partial charge is 0.463 e. The molecule has 12 heteroatoms. The van der Waals surface area contributed by atoms with Crippen LogP contribution in [0.5, 0.6) is 5.75 Å². The molecule has 1 saturated carbocycles. The van der Waals surface area contributed by atoms with Crippen LogP contribution in [0.25, 0.3) is 0 Å². The summed E-state index contributed by atoms with van der Waals surface area (Å²) in [5.74, 6) is 0.473. The highest BCUT2D eigenvalue weighted by molar-refractivity contribution is 6.32. The Kier molecular flexibility index (Phi) is 9.77. The fourth-order valence-corrected chi connectivity index (χ4v) is 5.98. The minimum Gasteiger partial charge on any atom is -0.463 e. The van der Waals surface area contributed by atoms with E-state index < -0.39 is 12.5 Å². The monoisotopic (exact) mass is 582 g/mol. The third kappa shape index (κ3) is 7.05. The first-order valence-electron chi connectivity index (χ1n) is 14.0. The molecular formula is C28H37ClF2N4O5. The lowest BCUT2D eigenvalue weighted by atomic mass is 9.89. The van der Waals surface area contributed by atoms with Crippen molar-refractivity contribution in [3.8, 4) is 5.75 Å². The predicted molar refractivity (Wildman–Crippen MR) is 148 cm³/mol. The number of ether oxygens (including phenoxy) is 4. The first-order valence-corrected chi connectivity index (χ1v) is 14.4. The van der Waals surface area contributed by atoms with Crippen LogP contribution in [0.4, 0.5) is 20.2 Å². The molecule has 2 atom stereocenters. The molecule has 0 bridgehead atoms. The van der Waals surface area contributed by atoms with Gasteiger partial charge in [0.05, 0.1) is 57.0 Å². The van der Waals surface area contributed by atoms with Crippen LogP contribution in [0.15, 0.2) is 35.3 Å². The number of rotatable bonds is 10. The topological polar surface area (TPSA) is 87.1 Å². The van der Waals surface area contributed by atoms with Gasteiger partial charge in [0, 0.05) is 24.9 Å². The predicted octanol–water partition coefficient (Wildman–Crippen LogP) is 4.54. The summed E-state index contributed by atoms with van der Waals surface area (Å²) in [6.45, 7) is 2.07. The quantitative estimate of drug-likeness (QED) is 0.437. The maximum Gasteiger partial charge on any atom is 0.287 e. The molecule has 3 heterocycles. The zero-order valence-corrected chi connectivity index (χ0v) is 23.3. The van der Waals surface area contributed by atoms with Crippen LogP contribution in [0.1, 0.15) is 44.6 Å². The molecule has 2 saturated heterocycles. The molecule has 2 aromatic rings. The van der Waals surface area contributed by atoms with Crippen molar-refractivity contribution in [1.29, 1.82) is 0 Å². The van der Waals surface area contributed by atoms with Crippen molar-refractivity contribution in [2.24, 2.45) is 0 Å². The molecule has 0 spiro atoms. The lowest BCUT2D eigenvalue weighted by Gasteiger charge is -2.40. The van der Waals surface area contributed by atoms with Crippen LogP contribution >= 0.6 is 11.6 Å². The minimum absolute atomic E-state index is 0.00935. The number of anilines is 2. The highest BCUT2D eigenvalue weighted by Gasteiger charge is 2.34. The zero-order chi connectivity index (χ0) is 28.0. The van der Waals surface area contributed by atoms with Crippen molar-refractivity contribution in [1.82, 2.24) is 9.78 Å². The second-order valence-electron chi connectivity index (χ2n) is 10.7. The molecule has 1 N–H and O–H groups in total. The Morgan fingerprint density at radius 3 is 2.62 bits per heavy atom. The Morgan fingerprint density at radius 2 is 1.95 bits per heavy atom. The van der Waals surface area contributed by atoms with Gasteiger partial charge in [-0.25, -0.2) is 13.5 Å². The fourth-order valence-electron chi connectivity index (χ4n) is 5.78. The summed E-state index contributed by atoms with van der Waals surface area (Å²) in [4.78, 5) is 15.4. The molecule has 0 amide bonds. The van der Waals surface area contributed by atoms with Gasteiger partial charge in [0.25, 0.3) is 5.56 Å². The van der Waals surface area contributed by atoms with Gasteiger partial charge in [-0.1, -0.05) is 11.6 Å². The summed E-state index contributed by atoms with van der Waals surface area (Å²) < 4.78 is 50.8. The molecule has 1 aromatic carbocycles. The van der Waals surface area contributed by atoms with Gasteiger partial charge < -0.3 is 29.2 Å². The summed E-state index contributed by atoms with van der Waals surface area (Å²) in [5, 5.41) is 7.39. The molecule has 1 aliphatic carbocycles. The van der Waals surface area contributed by atoms with Crippen LogP contribution in [0, 0.1) is 0 Å². The molecule has 0 unspecified atom stereocenters. The van der Waals surface area contributed by atoms with Gasteiger partial charge in [-0.3, -0.25) is 4.79 Å². The smallest absolute Gasteiger partial charge is 0.287 e. The molecule has 40 heavy (non-hydrogen) atoms. The van der Waals surface area contributed by atoms with E-state index >= 15 is 0 Å². The van der Waals surface area contributed by atoms with E-state index in [0.717, 1.165) is 31.4 Å². The van der Waals surface area contributed by atoms with Crippen LogP contribution in [0.2, 0.25) is 5.02 Å². The van der Waals surface area contributed by atoms with E-state index in [-0.39, 0.29) is 41.9 Å². The maximum absolute atomic E-state index is 14.9. The van der Waals surface area contributed by atoms with Crippen molar-refractivity contribution in [2.45, 2.75) is 62.4 Å².